The van der Waals surface area contributed by atoms with Crippen molar-refractivity contribution in [3.8, 4) is 0 Å². The maximum absolute atomic E-state index is 12.0. The fourth-order valence-corrected chi connectivity index (χ4v) is 1.90. The molecule has 0 saturated carbocycles. The highest BCUT2D eigenvalue weighted by atomic mass is 16.1. The molecule has 0 bridgehead atoms. The van der Waals surface area contributed by atoms with E-state index in [0.29, 0.717) is 12.1 Å². The van der Waals surface area contributed by atoms with Crippen LogP contribution in [0.2, 0.25) is 0 Å². The summed E-state index contributed by atoms with van der Waals surface area (Å²) >= 11 is 0. The second-order valence-corrected chi connectivity index (χ2v) is 5.83. The van der Waals surface area contributed by atoms with Crippen LogP contribution in [0.3, 0.4) is 0 Å². The molecule has 0 atom stereocenters. The maximum Gasteiger partial charge on any atom is 0.251 e. The zero-order chi connectivity index (χ0) is 14.6. The number of carbonyl (C=O) groups is 1. The first kappa shape index (κ1) is 14.3. The molecule has 104 valence electrons. The van der Waals surface area contributed by atoms with Crippen LogP contribution in [-0.2, 0) is 12.0 Å². The normalized spacial score (nSPS) is 11.2. The van der Waals surface area contributed by atoms with Crippen LogP contribution < -0.4 is 5.32 Å². The Morgan fingerprint density at radius 2 is 1.80 bits per heavy atom. The molecule has 1 N–H and O–H groups in total. The number of pyridine rings is 1. The summed E-state index contributed by atoms with van der Waals surface area (Å²) in [5.74, 6) is -0.0730. The van der Waals surface area contributed by atoms with Crippen molar-refractivity contribution in [3.63, 3.8) is 0 Å². The standard InChI is InChI=1S/C17H20N2O/c1-17(2,3)14-9-7-13(8-10-14)16(20)19-12-15-6-4-5-11-18-15/h4-11H,12H2,1-3H3,(H,19,20). The summed E-state index contributed by atoms with van der Waals surface area (Å²) in [6, 6.07) is 13.4. The Hall–Kier alpha value is -2.16. The van der Waals surface area contributed by atoms with E-state index in [9.17, 15) is 4.79 Å². The number of hydrogen-bond acceptors (Lipinski definition) is 2. The lowest BCUT2D eigenvalue weighted by Gasteiger charge is -2.19. The van der Waals surface area contributed by atoms with E-state index >= 15 is 0 Å². The quantitative estimate of drug-likeness (QED) is 0.928. The number of benzene rings is 1. The van der Waals surface area contributed by atoms with Gasteiger partial charge in [0.15, 0.2) is 0 Å². The van der Waals surface area contributed by atoms with Gasteiger partial charge in [-0.2, -0.15) is 0 Å². The van der Waals surface area contributed by atoms with E-state index in [1.54, 1.807) is 6.20 Å². The fraction of sp³-hybridized carbons (Fsp3) is 0.294. The molecule has 0 aliphatic carbocycles. The summed E-state index contributed by atoms with van der Waals surface area (Å²) in [7, 11) is 0. The number of hydrogen-bond donors (Lipinski definition) is 1. The largest absolute Gasteiger partial charge is 0.346 e. The Balaban J connectivity index is 1.99. The van der Waals surface area contributed by atoms with Crippen LogP contribution in [-0.4, -0.2) is 10.9 Å². The minimum atomic E-state index is -0.0730. The van der Waals surface area contributed by atoms with Gasteiger partial charge in [0.2, 0.25) is 0 Å². The van der Waals surface area contributed by atoms with Gasteiger partial charge in [0.1, 0.15) is 0 Å². The van der Waals surface area contributed by atoms with Gasteiger partial charge in [0.25, 0.3) is 5.91 Å². The van der Waals surface area contributed by atoms with Crippen molar-refractivity contribution in [2.24, 2.45) is 0 Å². The zero-order valence-electron chi connectivity index (χ0n) is 12.2. The first-order valence-corrected chi connectivity index (χ1v) is 6.75. The van der Waals surface area contributed by atoms with E-state index in [0.717, 1.165) is 5.69 Å². The molecule has 1 aromatic heterocycles. The highest BCUT2D eigenvalue weighted by molar-refractivity contribution is 5.94. The number of aromatic nitrogens is 1. The van der Waals surface area contributed by atoms with Crippen molar-refractivity contribution >= 4 is 5.91 Å². The van der Waals surface area contributed by atoms with Gasteiger partial charge in [-0.25, -0.2) is 0 Å². The summed E-state index contributed by atoms with van der Waals surface area (Å²) in [5, 5.41) is 2.87. The predicted octanol–water partition coefficient (Wildman–Crippen LogP) is 3.31. The summed E-state index contributed by atoms with van der Waals surface area (Å²) < 4.78 is 0. The Kier molecular flexibility index (Phi) is 4.18. The molecule has 1 amide bonds. The minimum absolute atomic E-state index is 0.0730. The molecule has 0 aliphatic heterocycles. The molecule has 0 radical (unpaired) electrons. The average molecular weight is 268 g/mol. The molecule has 1 aromatic carbocycles. The van der Waals surface area contributed by atoms with E-state index in [1.165, 1.54) is 5.56 Å². The van der Waals surface area contributed by atoms with Crippen molar-refractivity contribution in [2.45, 2.75) is 32.7 Å². The molecule has 0 fully saturated rings. The Morgan fingerprint density at radius 1 is 1.10 bits per heavy atom. The lowest BCUT2D eigenvalue weighted by atomic mass is 9.87. The molecule has 0 saturated heterocycles. The first-order valence-electron chi connectivity index (χ1n) is 6.75. The molecular weight excluding hydrogens is 248 g/mol. The molecule has 0 aliphatic rings. The second-order valence-electron chi connectivity index (χ2n) is 5.83. The molecule has 20 heavy (non-hydrogen) atoms. The molecule has 1 heterocycles. The van der Waals surface area contributed by atoms with Crippen LogP contribution in [0, 0.1) is 0 Å². The van der Waals surface area contributed by atoms with Crippen molar-refractivity contribution in [1.29, 1.82) is 0 Å². The molecular formula is C17H20N2O. The van der Waals surface area contributed by atoms with Crippen LogP contribution in [0.1, 0.15) is 42.4 Å². The van der Waals surface area contributed by atoms with Gasteiger partial charge in [-0.05, 0) is 35.2 Å². The van der Waals surface area contributed by atoms with Crippen molar-refractivity contribution in [3.05, 3.63) is 65.5 Å². The van der Waals surface area contributed by atoms with Gasteiger partial charge < -0.3 is 5.32 Å². The summed E-state index contributed by atoms with van der Waals surface area (Å²) in [5.41, 5.74) is 2.85. The van der Waals surface area contributed by atoms with Crippen molar-refractivity contribution in [2.75, 3.05) is 0 Å². The Bertz CT molecular complexity index is 568. The number of amides is 1. The number of nitrogens with one attached hydrogen (secondary N) is 1. The van der Waals surface area contributed by atoms with Crippen LogP contribution in [0.5, 0.6) is 0 Å². The third kappa shape index (κ3) is 3.67. The molecule has 2 aromatic rings. The number of nitrogens with zero attached hydrogens (tertiary/aromatic N) is 1. The number of rotatable bonds is 3. The van der Waals surface area contributed by atoms with Crippen molar-refractivity contribution < 1.29 is 4.79 Å². The monoisotopic (exact) mass is 268 g/mol. The Morgan fingerprint density at radius 3 is 2.35 bits per heavy atom. The molecule has 3 heteroatoms. The van der Waals surface area contributed by atoms with Crippen molar-refractivity contribution in [1.82, 2.24) is 10.3 Å². The van der Waals surface area contributed by atoms with Crippen LogP contribution in [0.15, 0.2) is 48.7 Å². The van der Waals surface area contributed by atoms with E-state index in [1.807, 2.05) is 42.5 Å². The molecule has 0 unspecified atom stereocenters. The van der Waals surface area contributed by atoms with E-state index in [2.05, 4.69) is 31.1 Å². The predicted molar refractivity (Wildman–Crippen MR) is 80.5 cm³/mol. The van der Waals surface area contributed by atoms with Gasteiger partial charge in [0.05, 0.1) is 12.2 Å². The van der Waals surface area contributed by atoms with Crippen LogP contribution >= 0.6 is 0 Å². The van der Waals surface area contributed by atoms with E-state index in [-0.39, 0.29) is 11.3 Å². The van der Waals surface area contributed by atoms with Gasteiger partial charge in [-0.3, -0.25) is 9.78 Å². The average Bonchev–Trinajstić information content (AvgIpc) is 2.45. The summed E-state index contributed by atoms with van der Waals surface area (Å²) in [6.45, 7) is 6.91. The zero-order valence-corrected chi connectivity index (χ0v) is 12.2. The first-order chi connectivity index (χ1) is 9.47. The Labute approximate surface area is 120 Å². The molecule has 3 nitrogen and oxygen atoms in total. The molecule has 2 rings (SSSR count). The highest BCUT2D eigenvalue weighted by Crippen LogP contribution is 2.22. The third-order valence-electron chi connectivity index (χ3n) is 3.17. The summed E-state index contributed by atoms with van der Waals surface area (Å²) in [6.07, 6.45) is 1.72. The third-order valence-corrected chi connectivity index (χ3v) is 3.17. The van der Waals surface area contributed by atoms with Crippen LogP contribution in [0.25, 0.3) is 0 Å². The van der Waals surface area contributed by atoms with E-state index < -0.39 is 0 Å². The maximum atomic E-state index is 12.0. The minimum Gasteiger partial charge on any atom is -0.346 e. The van der Waals surface area contributed by atoms with Gasteiger partial charge in [-0.15, -0.1) is 0 Å². The highest BCUT2D eigenvalue weighted by Gasteiger charge is 2.14. The van der Waals surface area contributed by atoms with Gasteiger partial charge >= 0.3 is 0 Å². The second kappa shape index (κ2) is 5.87. The van der Waals surface area contributed by atoms with Gasteiger partial charge in [-0.1, -0.05) is 39.0 Å². The smallest absolute Gasteiger partial charge is 0.251 e. The van der Waals surface area contributed by atoms with Gasteiger partial charge in [0, 0.05) is 11.8 Å². The molecule has 0 spiro atoms. The lowest BCUT2D eigenvalue weighted by Crippen LogP contribution is -2.23. The number of carbonyl (C=O) groups excluding carboxylic acids is 1. The fourth-order valence-electron chi connectivity index (χ4n) is 1.90. The van der Waals surface area contributed by atoms with E-state index in [4.69, 9.17) is 0 Å². The van der Waals surface area contributed by atoms with Crippen LogP contribution in [0.4, 0.5) is 0 Å². The summed E-state index contributed by atoms with van der Waals surface area (Å²) in [4.78, 5) is 16.2. The lowest BCUT2D eigenvalue weighted by molar-refractivity contribution is 0.0950. The SMILES string of the molecule is CC(C)(C)c1ccc(C(=O)NCc2ccccn2)cc1. The topological polar surface area (TPSA) is 42.0 Å².